The molecule has 11 heavy (non-hydrogen) atoms. The van der Waals surface area contributed by atoms with E-state index in [-0.39, 0.29) is 11.8 Å². The second-order valence-electron chi connectivity index (χ2n) is 3.62. The zero-order valence-electron chi connectivity index (χ0n) is 6.66. The lowest BCUT2D eigenvalue weighted by molar-refractivity contribution is 0.136. The van der Waals surface area contributed by atoms with E-state index in [1.165, 1.54) is 0 Å². The first-order valence-corrected chi connectivity index (χ1v) is 4.43. The van der Waals surface area contributed by atoms with Crippen LogP contribution in [0.5, 0.6) is 0 Å². The Kier molecular flexibility index (Phi) is 1.68. The Hall–Kier alpha value is -0.440. The monoisotopic (exact) mass is 154 g/mol. The summed E-state index contributed by atoms with van der Waals surface area (Å²) in [5.41, 5.74) is 0.0279. The third kappa shape index (κ3) is 1.59. The molecule has 0 unspecified atom stereocenters. The SMILES string of the molecule is OC1CCCC2(CCC1)N=N2. The highest BCUT2D eigenvalue weighted by atomic mass is 16.3. The summed E-state index contributed by atoms with van der Waals surface area (Å²) >= 11 is 0. The molecule has 0 aromatic carbocycles. The van der Waals surface area contributed by atoms with Gasteiger partial charge in [0, 0.05) is 0 Å². The third-order valence-electron chi connectivity index (χ3n) is 2.61. The van der Waals surface area contributed by atoms with Crippen molar-refractivity contribution in [3.8, 4) is 0 Å². The van der Waals surface area contributed by atoms with Crippen molar-refractivity contribution in [1.82, 2.24) is 0 Å². The van der Waals surface area contributed by atoms with Crippen molar-refractivity contribution in [1.29, 1.82) is 0 Å². The minimum atomic E-state index is -0.0638. The summed E-state index contributed by atoms with van der Waals surface area (Å²) in [5.74, 6) is 0. The maximum absolute atomic E-state index is 9.34. The zero-order chi connectivity index (χ0) is 7.73. The third-order valence-corrected chi connectivity index (χ3v) is 2.61. The van der Waals surface area contributed by atoms with Gasteiger partial charge in [0.25, 0.3) is 0 Å². The first kappa shape index (κ1) is 7.22. The van der Waals surface area contributed by atoms with E-state index in [0.29, 0.717) is 0 Å². The molecule has 1 saturated carbocycles. The van der Waals surface area contributed by atoms with Crippen LogP contribution >= 0.6 is 0 Å². The normalized spacial score (nSPS) is 29.9. The van der Waals surface area contributed by atoms with Crippen LogP contribution in [0.25, 0.3) is 0 Å². The average molecular weight is 154 g/mol. The standard InChI is InChI=1S/C8H14N2O/c11-7-3-1-5-8(9-10-8)6-2-4-7/h7,11H,1-6H2. The van der Waals surface area contributed by atoms with Crippen molar-refractivity contribution in [2.75, 3.05) is 0 Å². The Balaban J connectivity index is 1.84. The summed E-state index contributed by atoms with van der Waals surface area (Å²) in [6, 6.07) is 0. The van der Waals surface area contributed by atoms with Gasteiger partial charge in [-0.15, -0.1) is 0 Å². The van der Waals surface area contributed by atoms with Gasteiger partial charge in [-0.3, -0.25) is 0 Å². The fourth-order valence-corrected chi connectivity index (χ4v) is 1.78. The molecule has 2 rings (SSSR count). The van der Waals surface area contributed by atoms with Crippen LogP contribution in [0.3, 0.4) is 0 Å². The van der Waals surface area contributed by atoms with Crippen molar-refractivity contribution < 1.29 is 5.11 Å². The van der Waals surface area contributed by atoms with Gasteiger partial charge in [-0.05, 0) is 38.5 Å². The summed E-state index contributed by atoms with van der Waals surface area (Å²) in [5, 5.41) is 17.5. The van der Waals surface area contributed by atoms with Crippen LogP contribution in [0.15, 0.2) is 10.2 Å². The highest BCUT2D eigenvalue weighted by Gasteiger charge is 2.39. The molecule has 0 amide bonds. The van der Waals surface area contributed by atoms with Crippen molar-refractivity contribution in [3.05, 3.63) is 0 Å². The highest BCUT2D eigenvalue weighted by molar-refractivity contribution is 4.93. The Morgan fingerprint density at radius 2 is 1.64 bits per heavy atom. The van der Waals surface area contributed by atoms with Gasteiger partial charge in [0.15, 0.2) is 5.66 Å². The van der Waals surface area contributed by atoms with Crippen LogP contribution < -0.4 is 0 Å². The first-order chi connectivity index (χ1) is 5.31. The van der Waals surface area contributed by atoms with Gasteiger partial charge in [-0.1, -0.05) is 0 Å². The highest BCUT2D eigenvalue weighted by Crippen LogP contribution is 2.40. The molecule has 1 fully saturated rings. The van der Waals surface area contributed by atoms with Crippen LogP contribution in [0, 0.1) is 0 Å². The maximum Gasteiger partial charge on any atom is 0.191 e. The van der Waals surface area contributed by atoms with Gasteiger partial charge < -0.3 is 5.11 Å². The van der Waals surface area contributed by atoms with Crippen LogP contribution in [-0.4, -0.2) is 16.9 Å². The molecule has 0 radical (unpaired) electrons. The van der Waals surface area contributed by atoms with Crippen molar-refractivity contribution in [3.63, 3.8) is 0 Å². The molecule has 3 heteroatoms. The Bertz CT molecular complexity index is 161. The molecule has 1 aliphatic heterocycles. The molecule has 62 valence electrons. The molecule has 2 aliphatic rings. The number of hydrogen-bond donors (Lipinski definition) is 1. The van der Waals surface area contributed by atoms with E-state index in [9.17, 15) is 5.11 Å². The molecular formula is C8H14N2O. The van der Waals surface area contributed by atoms with Crippen molar-refractivity contribution in [2.24, 2.45) is 10.2 Å². The van der Waals surface area contributed by atoms with Crippen LogP contribution in [-0.2, 0) is 0 Å². The molecule has 0 saturated heterocycles. The van der Waals surface area contributed by atoms with E-state index in [1.54, 1.807) is 0 Å². The van der Waals surface area contributed by atoms with Crippen molar-refractivity contribution >= 4 is 0 Å². The van der Waals surface area contributed by atoms with Crippen molar-refractivity contribution in [2.45, 2.75) is 50.3 Å². The first-order valence-electron chi connectivity index (χ1n) is 4.43. The molecule has 0 bridgehead atoms. The second-order valence-corrected chi connectivity index (χ2v) is 3.62. The van der Waals surface area contributed by atoms with E-state index in [4.69, 9.17) is 0 Å². The molecule has 1 spiro atoms. The largest absolute Gasteiger partial charge is 0.393 e. The lowest BCUT2D eigenvalue weighted by Gasteiger charge is -2.17. The fraction of sp³-hybridized carbons (Fsp3) is 1.00. The number of rotatable bonds is 0. The fourth-order valence-electron chi connectivity index (χ4n) is 1.78. The Morgan fingerprint density at radius 1 is 1.09 bits per heavy atom. The van der Waals surface area contributed by atoms with E-state index in [0.717, 1.165) is 38.5 Å². The lowest BCUT2D eigenvalue weighted by atomic mass is 9.93. The van der Waals surface area contributed by atoms with Gasteiger partial charge >= 0.3 is 0 Å². The van der Waals surface area contributed by atoms with Gasteiger partial charge in [0.05, 0.1) is 6.10 Å². The Labute approximate surface area is 66.5 Å². The van der Waals surface area contributed by atoms with Crippen LogP contribution in [0.1, 0.15) is 38.5 Å². The predicted octanol–water partition coefficient (Wildman–Crippen LogP) is 1.86. The van der Waals surface area contributed by atoms with Gasteiger partial charge in [0.2, 0.25) is 0 Å². The van der Waals surface area contributed by atoms with E-state index < -0.39 is 0 Å². The molecule has 0 aromatic heterocycles. The minimum Gasteiger partial charge on any atom is -0.393 e. The quantitative estimate of drug-likeness (QED) is 0.568. The van der Waals surface area contributed by atoms with Crippen LogP contribution in [0.2, 0.25) is 0 Å². The zero-order valence-corrected chi connectivity index (χ0v) is 6.66. The van der Waals surface area contributed by atoms with E-state index >= 15 is 0 Å². The van der Waals surface area contributed by atoms with E-state index in [1.807, 2.05) is 0 Å². The van der Waals surface area contributed by atoms with Gasteiger partial charge in [0.1, 0.15) is 0 Å². The number of hydrogen-bond acceptors (Lipinski definition) is 3. The smallest absolute Gasteiger partial charge is 0.191 e. The number of aliphatic hydroxyl groups excluding tert-OH is 1. The number of nitrogens with zero attached hydrogens (tertiary/aromatic N) is 2. The summed E-state index contributed by atoms with van der Waals surface area (Å²) in [7, 11) is 0. The van der Waals surface area contributed by atoms with Crippen LogP contribution in [0.4, 0.5) is 0 Å². The molecule has 0 aromatic rings. The molecule has 3 nitrogen and oxygen atoms in total. The summed E-state index contributed by atoms with van der Waals surface area (Å²) in [6.07, 6.45) is 6.09. The van der Waals surface area contributed by atoms with Gasteiger partial charge in [-0.2, -0.15) is 10.2 Å². The lowest BCUT2D eigenvalue weighted by Crippen LogP contribution is -2.17. The molecule has 1 heterocycles. The predicted molar refractivity (Wildman–Crippen MR) is 41.3 cm³/mol. The summed E-state index contributed by atoms with van der Waals surface area (Å²) < 4.78 is 0. The topological polar surface area (TPSA) is 45.0 Å². The minimum absolute atomic E-state index is 0.0279. The van der Waals surface area contributed by atoms with E-state index in [2.05, 4.69) is 10.2 Å². The van der Waals surface area contributed by atoms with Gasteiger partial charge in [-0.25, -0.2) is 0 Å². The Morgan fingerprint density at radius 3 is 2.09 bits per heavy atom. The molecule has 0 atom stereocenters. The summed E-state index contributed by atoms with van der Waals surface area (Å²) in [4.78, 5) is 0. The molecule has 1 aliphatic carbocycles. The molecular weight excluding hydrogens is 140 g/mol. The number of aliphatic hydroxyl groups is 1. The second kappa shape index (κ2) is 2.55. The molecule has 1 N–H and O–H groups in total. The maximum atomic E-state index is 9.34. The average Bonchev–Trinajstić information content (AvgIpc) is 2.66. The summed E-state index contributed by atoms with van der Waals surface area (Å²) in [6.45, 7) is 0.